The minimum Gasteiger partial charge on any atom is -0.361 e. The number of likely N-dealkylation sites (tertiary alicyclic amines) is 1. The Hall–Kier alpha value is -3.42. The Bertz CT molecular complexity index is 1060. The van der Waals surface area contributed by atoms with Gasteiger partial charge in [0.25, 0.3) is 0 Å². The van der Waals surface area contributed by atoms with Gasteiger partial charge in [-0.3, -0.25) is 9.59 Å². The zero-order valence-corrected chi connectivity index (χ0v) is 16.7. The predicted octanol–water partition coefficient (Wildman–Crippen LogP) is 1.80. The van der Waals surface area contributed by atoms with Gasteiger partial charge in [0.2, 0.25) is 17.8 Å². The fourth-order valence-corrected chi connectivity index (χ4v) is 4.43. The maximum Gasteiger partial charge on any atom is 0.245 e. The number of carbonyl (C=O) groups is 2. The van der Waals surface area contributed by atoms with Crippen LogP contribution in [0.4, 0.5) is 5.95 Å². The van der Waals surface area contributed by atoms with Crippen molar-refractivity contribution in [2.24, 2.45) is 0 Å². The van der Waals surface area contributed by atoms with Crippen LogP contribution in [0.2, 0.25) is 0 Å². The number of aromatic nitrogens is 3. The average molecular weight is 404 g/mol. The molecular weight excluding hydrogens is 380 g/mol. The van der Waals surface area contributed by atoms with E-state index in [4.69, 9.17) is 0 Å². The van der Waals surface area contributed by atoms with E-state index in [9.17, 15) is 9.59 Å². The molecule has 3 aromatic rings. The van der Waals surface area contributed by atoms with Crippen LogP contribution in [0.15, 0.2) is 48.9 Å². The van der Waals surface area contributed by atoms with Crippen LogP contribution in [0.5, 0.6) is 0 Å². The molecule has 30 heavy (non-hydrogen) atoms. The van der Waals surface area contributed by atoms with E-state index in [2.05, 4.69) is 19.9 Å². The number of piperazine rings is 1. The Balaban J connectivity index is 1.27. The molecule has 2 aromatic heterocycles. The van der Waals surface area contributed by atoms with E-state index < -0.39 is 0 Å². The van der Waals surface area contributed by atoms with Gasteiger partial charge in [-0.25, -0.2) is 9.97 Å². The summed E-state index contributed by atoms with van der Waals surface area (Å²) in [6.07, 6.45) is 6.41. The lowest BCUT2D eigenvalue weighted by Gasteiger charge is -2.37. The third kappa shape index (κ3) is 3.38. The van der Waals surface area contributed by atoms with Crippen molar-refractivity contribution in [3.05, 3.63) is 54.5 Å². The lowest BCUT2D eigenvalue weighted by Crippen LogP contribution is -2.54. The second kappa shape index (κ2) is 7.78. The second-order valence-corrected chi connectivity index (χ2v) is 7.80. The SMILES string of the molecule is O=C([C@@H]1CCC(=O)N1Cc1c[nH]c2ccccc12)N1CCN(c2ncccn2)CC1. The lowest BCUT2D eigenvalue weighted by atomic mass is 10.1. The number of benzene rings is 1. The van der Waals surface area contributed by atoms with Gasteiger partial charge in [0.15, 0.2) is 0 Å². The molecule has 5 rings (SSSR count). The highest BCUT2D eigenvalue weighted by atomic mass is 16.2. The van der Waals surface area contributed by atoms with Gasteiger partial charge in [-0.1, -0.05) is 18.2 Å². The van der Waals surface area contributed by atoms with Gasteiger partial charge in [0.1, 0.15) is 6.04 Å². The summed E-state index contributed by atoms with van der Waals surface area (Å²) in [5, 5.41) is 1.10. The van der Waals surface area contributed by atoms with Crippen molar-refractivity contribution >= 4 is 28.7 Å². The van der Waals surface area contributed by atoms with Gasteiger partial charge in [0, 0.05) is 68.6 Å². The normalized spacial score (nSPS) is 19.7. The Kier molecular flexibility index (Phi) is 4.82. The van der Waals surface area contributed by atoms with Crippen LogP contribution in [0.3, 0.4) is 0 Å². The number of H-pyrrole nitrogens is 1. The number of rotatable bonds is 4. The molecule has 2 amide bonds. The Morgan fingerprint density at radius 2 is 1.83 bits per heavy atom. The molecule has 2 aliphatic heterocycles. The van der Waals surface area contributed by atoms with E-state index in [-0.39, 0.29) is 17.9 Å². The number of para-hydroxylation sites is 1. The summed E-state index contributed by atoms with van der Waals surface area (Å²) in [6, 6.07) is 9.45. The fourth-order valence-electron chi connectivity index (χ4n) is 4.43. The summed E-state index contributed by atoms with van der Waals surface area (Å²) >= 11 is 0. The summed E-state index contributed by atoms with van der Waals surface area (Å²) in [7, 11) is 0. The molecule has 2 fully saturated rings. The zero-order chi connectivity index (χ0) is 20.5. The van der Waals surface area contributed by atoms with Gasteiger partial charge in [0.05, 0.1) is 0 Å². The van der Waals surface area contributed by atoms with Crippen LogP contribution < -0.4 is 4.90 Å². The van der Waals surface area contributed by atoms with Crippen molar-refractivity contribution in [1.82, 2.24) is 24.8 Å². The van der Waals surface area contributed by atoms with E-state index in [1.165, 1.54) is 0 Å². The highest BCUT2D eigenvalue weighted by molar-refractivity contribution is 5.91. The van der Waals surface area contributed by atoms with Crippen molar-refractivity contribution in [2.75, 3.05) is 31.1 Å². The highest BCUT2D eigenvalue weighted by Gasteiger charge is 2.39. The number of nitrogens with one attached hydrogen (secondary N) is 1. The molecule has 154 valence electrons. The Morgan fingerprint density at radius 3 is 2.63 bits per heavy atom. The van der Waals surface area contributed by atoms with Crippen molar-refractivity contribution in [2.45, 2.75) is 25.4 Å². The first-order valence-electron chi connectivity index (χ1n) is 10.4. The van der Waals surface area contributed by atoms with Gasteiger partial charge in [-0.15, -0.1) is 0 Å². The third-order valence-electron chi connectivity index (χ3n) is 6.06. The van der Waals surface area contributed by atoms with Crippen LogP contribution in [0.1, 0.15) is 18.4 Å². The van der Waals surface area contributed by atoms with Crippen molar-refractivity contribution < 1.29 is 9.59 Å². The van der Waals surface area contributed by atoms with Crippen molar-refractivity contribution in [3.63, 3.8) is 0 Å². The zero-order valence-electron chi connectivity index (χ0n) is 16.7. The van der Waals surface area contributed by atoms with Crippen LogP contribution in [0, 0.1) is 0 Å². The van der Waals surface area contributed by atoms with E-state index >= 15 is 0 Å². The fraction of sp³-hybridized carbons (Fsp3) is 0.364. The molecule has 4 heterocycles. The molecule has 0 bridgehead atoms. The first-order chi connectivity index (χ1) is 14.7. The molecule has 8 heteroatoms. The second-order valence-electron chi connectivity index (χ2n) is 7.80. The molecule has 0 spiro atoms. The van der Waals surface area contributed by atoms with E-state index in [1.807, 2.05) is 35.4 Å². The largest absolute Gasteiger partial charge is 0.361 e. The maximum absolute atomic E-state index is 13.3. The van der Waals surface area contributed by atoms with Crippen molar-refractivity contribution in [3.8, 4) is 0 Å². The predicted molar refractivity (Wildman–Crippen MR) is 113 cm³/mol. The number of hydrogen-bond acceptors (Lipinski definition) is 5. The minimum absolute atomic E-state index is 0.0503. The quantitative estimate of drug-likeness (QED) is 0.717. The first-order valence-corrected chi connectivity index (χ1v) is 10.4. The monoisotopic (exact) mass is 404 g/mol. The topological polar surface area (TPSA) is 85.4 Å². The number of hydrogen-bond donors (Lipinski definition) is 1. The molecule has 2 aliphatic rings. The molecule has 0 aliphatic carbocycles. The smallest absolute Gasteiger partial charge is 0.245 e. The van der Waals surface area contributed by atoms with Gasteiger partial charge in [-0.05, 0) is 24.1 Å². The minimum atomic E-state index is -0.384. The molecule has 1 aromatic carbocycles. The number of aromatic amines is 1. The van der Waals surface area contributed by atoms with Gasteiger partial charge in [-0.2, -0.15) is 0 Å². The molecule has 0 unspecified atom stereocenters. The van der Waals surface area contributed by atoms with Crippen LogP contribution in [-0.4, -0.2) is 68.8 Å². The van der Waals surface area contributed by atoms with Gasteiger partial charge < -0.3 is 19.7 Å². The highest BCUT2D eigenvalue weighted by Crippen LogP contribution is 2.27. The Labute approximate surface area is 174 Å². The van der Waals surface area contributed by atoms with E-state index in [1.54, 1.807) is 23.4 Å². The molecular formula is C22H24N6O2. The van der Waals surface area contributed by atoms with Gasteiger partial charge >= 0.3 is 0 Å². The summed E-state index contributed by atoms with van der Waals surface area (Å²) in [6.45, 7) is 3.07. The number of carbonyl (C=O) groups excluding carboxylic acids is 2. The van der Waals surface area contributed by atoms with Crippen LogP contribution in [-0.2, 0) is 16.1 Å². The standard InChI is InChI=1S/C22H24N6O2/c29-20-7-6-19(28(20)15-16-14-25-18-5-2-1-4-17(16)18)21(30)26-10-12-27(13-11-26)22-23-8-3-9-24-22/h1-5,8-9,14,19,25H,6-7,10-13,15H2/t19-/m0/s1. The van der Waals surface area contributed by atoms with E-state index in [0.717, 1.165) is 16.5 Å². The summed E-state index contributed by atoms with van der Waals surface area (Å²) in [4.78, 5) is 43.4. The van der Waals surface area contributed by atoms with E-state index in [0.29, 0.717) is 51.5 Å². The average Bonchev–Trinajstić information content (AvgIpc) is 3.38. The number of nitrogens with zero attached hydrogens (tertiary/aromatic N) is 5. The molecule has 0 saturated carbocycles. The first kappa shape index (κ1) is 18.6. The van der Waals surface area contributed by atoms with Crippen molar-refractivity contribution in [1.29, 1.82) is 0 Å². The summed E-state index contributed by atoms with van der Waals surface area (Å²) < 4.78 is 0. The Morgan fingerprint density at radius 1 is 1.07 bits per heavy atom. The summed E-state index contributed by atoms with van der Waals surface area (Å²) in [5.74, 6) is 0.797. The summed E-state index contributed by atoms with van der Waals surface area (Å²) in [5.41, 5.74) is 2.09. The number of fused-ring (bicyclic) bond motifs is 1. The lowest BCUT2D eigenvalue weighted by molar-refractivity contribution is -0.142. The number of anilines is 1. The maximum atomic E-state index is 13.3. The third-order valence-corrected chi connectivity index (χ3v) is 6.06. The molecule has 8 nitrogen and oxygen atoms in total. The van der Waals surface area contributed by atoms with Crippen LogP contribution in [0.25, 0.3) is 10.9 Å². The molecule has 1 atom stereocenters. The molecule has 1 N–H and O–H groups in total. The molecule has 2 saturated heterocycles. The van der Waals surface area contributed by atoms with Crippen LogP contribution >= 0.6 is 0 Å². The number of amides is 2. The molecule has 0 radical (unpaired) electrons.